The molecule has 3 N–H and O–H groups in total. The van der Waals surface area contributed by atoms with Crippen LogP contribution in [0.25, 0.3) is 22.3 Å². The number of hydrogen-bond donors (Lipinski definition) is 3. The van der Waals surface area contributed by atoms with E-state index in [1.165, 1.54) is 103 Å². The van der Waals surface area contributed by atoms with Crippen LogP contribution in [0.1, 0.15) is 13.8 Å². The zero-order valence-corrected chi connectivity index (χ0v) is 41.7. The number of nitrogens with one attached hydrogen (secondary N) is 3. The summed E-state index contributed by atoms with van der Waals surface area (Å²) in [5.41, 5.74) is -1.19. The maximum Gasteiger partial charge on any atom is 0.312 e. The van der Waals surface area contributed by atoms with E-state index in [1.807, 2.05) is 13.8 Å². The summed E-state index contributed by atoms with van der Waals surface area (Å²) >= 11 is 27.5. The summed E-state index contributed by atoms with van der Waals surface area (Å²) in [6, 6.07) is 11.1. The van der Waals surface area contributed by atoms with E-state index in [2.05, 4.69) is 35.7 Å². The summed E-state index contributed by atoms with van der Waals surface area (Å²) < 4.78 is 53.1. The van der Waals surface area contributed by atoms with E-state index < -0.39 is 33.2 Å². The lowest BCUT2D eigenvalue weighted by atomic mass is 10.1. The van der Waals surface area contributed by atoms with Gasteiger partial charge in [0.05, 0.1) is 54.6 Å². The number of benzene rings is 2. The van der Waals surface area contributed by atoms with Crippen molar-refractivity contribution in [1.29, 1.82) is 0 Å². The molecule has 7 rings (SSSR count). The molecule has 28 heteroatoms. The van der Waals surface area contributed by atoms with Gasteiger partial charge in [-0.1, -0.05) is 96.1 Å². The van der Waals surface area contributed by atoms with Crippen molar-refractivity contribution in [1.82, 2.24) is 49.7 Å². The maximum absolute atomic E-state index is 12.9. The molecule has 21 nitrogen and oxygen atoms in total. The standard InChI is InChI=1S/C13H13FN2O3.C10H7FN2O2.C7H9ClN2O3.C6H6Cl2N2O2.C4H2Cl2N2O.C2H6/c1-18-8-16-13(17)12(19-2)11(7-15-16)9-3-5-10(14)6-4-9;11-7-3-1-6(2-4-7)8-5-12-13-10(15)9(8)14;1-12-4-10-7(11)6(13-2)5(8)3-9-10;1-12-3-10-6(11)5(8)4(7)2-9-10;5-2-1-7-8-4(9)3(2)6;1-2/h3-7H,8H2,1-2H3;1-5H,(H,12,14)(H,13,15);3H,4H2,1-2H3;2H,3H2,1H3;1H,(H,8,9);1-2H3. The summed E-state index contributed by atoms with van der Waals surface area (Å²) in [5, 5.41) is 22.0. The largest absolute Gasteiger partial charge is 0.491 e. The van der Waals surface area contributed by atoms with Gasteiger partial charge in [-0.05, 0) is 35.4 Å². The Bertz CT molecular complexity index is 3120. The van der Waals surface area contributed by atoms with Gasteiger partial charge in [-0.15, -0.1) is 0 Å². The van der Waals surface area contributed by atoms with Gasteiger partial charge in [-0.25, -0.2) is 27.9 Å². The number of nitrogens with zero attached hydrogens (tertiary/aromatic N) is 7. The third-order valence-electron chi connectivity index (χ3n) is 7.98. The van der Waals surface area contributed by atoms with E-state index in [0.717, 1.165) is 14.0 Å². The number of aromatic amines is 3. The molecule has 5 aromatic heterocycles. The smallest absolute Gasteiger partial charge is 0.312 e. The molecule has 0 radical (unpaired) electrons. The molecule has 0 saturated heterocycles. The van der Waals surface area contributed by atoms with Crippen LogP contribution in [0, 0.1) is 11.6 Å². The number of rotatable bonds is 10. The Morgan fingerprint density at radius 2 is 0.957 bits per heavy atom. The zero-order chi connectivity index (χ0) is 52.5. The Morgan fingerprint density at radius 1 is 0.529 bits per heavy atom. The highest BCUT2D eigenvalue weighted by atomic mass is 35.5. The van der Waals surface area contributed by atoms with E-state index in [4.69, 9.17) is 81.7 Å². The second-order valence-corrected chi connectivity index (χ2v) is 14.4. The first-order valence-electron chi connectivity index (χ1n) is 19.5. The van der Waals surface area contributed by atoms with Crippen molar-refractivity contribution in [2.75, 3.05) is 35.5 Å². The molecular formula is C42H43Cl5F2N10O11. The molecule has 0 aliphatic carbocycles. The number of halogens is 7. The van der Waals surface area contributed by atoms with Crippen LogP contribution in [-0.2, 0) is 34.4 Å². The van der Waals surface area contributed by atoms with E-state index in [1.54, 1.807) is 12.1 Å². The van der Waals surface area contributed by atoms with Gasteiger partial charge in [-0.2, -0.15) is 20.4 Å². The molecule has 0 saturated carbocycles. The van der Waals surface area contributed by atoms with E-state index in [9.17, 15) is 37.5 Å². The molecule has 0 aliphatic rings. The lowest BCUT2D eigenvalue weighted by Crippen LogP contribution is -2.28. The minimum Gasteiger partial charge on any atom is -0.491 e. The minimum atomic E-state index is -0.725. The Morgan fingerprint density at radius 3 is 1.41 bits per heavy atom. The Kier molecular flexibility index (Phi) is 26.2. The highest BCUT2D eigenvalue weighted by Crippen LogP contribution is 2.26. The summed E-state index contributed by atoms with van der Waals surface area (Å²) in [6.45, 7) is 4.18. The average Bonchev–Trinajstić information content (AvgIpc) is 3.35. The SMILES string of the molecule is CC.COCn1ncc(-c2ccc(F)cc2)c(OC)c1=O.COCn1ncc(Cl)c(Cl)c1=O.COCn1ncc(Cl)c(OC)c1=O.O=c1[nH][nH]cc(-c2ccc(F)cc2)c1=O.O=c1[nH]ncc(Cl)c1Cl. The molecule has 0 atom stereocenters. The fraction of sp³-hybridized carbons (Fsp3) is 0.238. The number of H-pyrrole nitrogens is 3. The van der Waals surface area contributed by atoms with E-state index in [0.29, 0.717) is 16.7 Å². The minimum absolute atomic E-state index is 0.0216. The maximum atomic E-state index is 12.9. The van der Waals surface area contributed by atoms with E-state index in [-0.39, 0.29) is 74.0 Å². The first-order chi connectivity index (χ1) is 33.4. The molecule has 7 aromatic rings. The van der Waals surface area contributed by atoms with Gasteiger partial charge in [-0.3, -0.25) is 33.9 Å². The zero-order valence-electron chi connectivity index (χ0n) is 37.9. The fourth-order valence-electron chi connectivity index (χ4n) is 4.85. The first kappa shape index (κ1) is 59.6. The predicted octanol–water partition coefficient (Wildman–Crippen LogP) is 6.30. The molecule has 0 spiro atoms. The van der Waals surface area contributed by atoms with Gasteiger partial charge in [0.1, 0.15) is 46.9 Å². The summed E-state index contributed by atoms with van der Waals surface area (Å²) in [6.07, 6.45) is 6.76. The van der Waals surface area contributed by atoms with Crippen LogP contribution < -0.4 is 42.7 Å². The predicted molar refractivity (Wildman–Crippen MR) is 259 cm³/mol. The Hall–Kier alpha value is -6.57. The topological polar surface area (TPSA) is 262 Å². The molecule has 2 aromatic carbocycles. The van der Waals surface area contributed by atoms with Crippen molar-refractivity contribution in [3.63, 3.8) is 0 Å². The second-order valence-electron chi connectivity index (χ2n) is 12.5. The molecule has 5 heterocycles. The van der Waals surface area contributed by atoms with Crippen molar-refractivity contribution in [3.8, 4) is 33.8 Å². The van der Waals surface area contributed by atoms with Crippen molar-refractivity contribution in [2.45, 2.75) is 34.0 Å². The lowest BCUT2D eigenvalue weighted by molar-refractivity contribution is 0.115. The van der Waals surface area contributed by atoms with Gasteiger partial charge in [0, 0.05) is 33.1 Å². The van der Waals surface area contributed by atoms with Crippen LogP contribution in [0.2, 0.25) is 25.1 Å². The third kappa shape index (κ3) is 17.4. The Balaban J connectivity index is 0.000000303. The number of methoxy groups -OCH3 is 5. The van der Waals surface area contributed by atoms with Gasteiger partial charge in [0.15, 0.2) is 5.75 Å². The van der Waals surface area contributed by atoms with Crippen molar-refractivity contribution >= 4 is 58.0 Å². The average molecular weight is 1080 g/mol. The molecule has 0 unspecified atom stereocenters. The summed E-state index contributed by atoms with van der Waals surface area (Å²) in [5.74, 6) is -0.504. The summed E-state index contributed by atoms with van der Waals surface area (Å²) in [7, 11) is 7.17. The van der Waals surface area contributed by atoms with Gasteiger partial charge >= 0.3 is 16.7 Å². The van der Waals surface area contributed by atoms with Gasteiger partial charge in [0.2, 0.25) is 5.75 Å². The monoisotopic (exact) mass is 1080 g/mol. The molecule has 0 fully saturated rings. The second kappa shape index (κ2) is 30.8. The molecule has 0 aliphatic heterocycles. The van der Waals surface area contributed by atoms with Crippen molar-refractivity contribution in [2.24, 2.45) is 0 Å². The fourth-order valence-corrected chi connectivity index (χ4v) is 5.55. The molecule has 0 amide bonds. The van der Waals surface area contributed by atoms with Gasteiger partial charge in [0.25, 0.3) is 16.5 Å². The highest BCUT2D eigenvalue weighted by molar-refractivity contribution is 6.42. The van der Waals surface area contributed by atoms with Crippen LogP contribution >= 0.6 is 58.0 Å². The van der Waals surface area contributed by atoms with Crippen LogP contribution in [0.15, 0.2) is 108 Å². The number of aromatic nitrogens is 10. The van der Waals surface area contributed by atoms with Crippen LogP contribution in [0.3, 0.4) is 0 Å². The Labute approximate surface area is 420 Å². The quantitative estimate of drug-likeness (QED) is 0.127. The van der Waals surface area contributed by atoms with Crippen molar-refractivity contribution in [3.05, 3.63) is 178 Å². The lowest BCUT2D eigenvalue weighted by Gasteiger charge is -2.10. The van der Waals surface area contributed by atoms with Crippen molar-refractivity contribution < 1.29 is 32.5 Å². The number of hydrogen-bond acceptors (Lipinski definition) is 15. The van der Waals surface area contributed by atoms with E-state index >= 15 is 0 Å². The first-order valence-corrected chi connectivity index (χ1v) is 21.4. The molecule has 70 heavy (non-hydrogen) atoms. The third-order valence-corrected chi connectivity index (χ3v) is 9.75. The van der Waals surface area contributed by atoms with Crippen LogP contribution in [-0.4, -0.2) is 85.3 Å². The van der Waals surface area contributed by atoms with Crippen LogP contribution in [0.5, 0.6) is 11.5 Å². The molecule has 376 valence electrons. The van der Waals surface area contributed by atoms with Crippen LogP contribution in [0.4, 0.5) is 8.78 Å². The normalized spacial score (nSPS) is 9.97. The number of ether oxygens (including phenoxy) is 5. The highest BCUT2D eigenvalue weighted by Gasteiger charge is 2.14. The molecular weight excluding hydrogens is 1040 g/mol. The molecule has 0 bridgehead atoms. The summed E-state index contributed by atoms with van der Waals surface area (Å²) in [4.78, 5) is 67.6. The van der Waals surface area contributed by atoms with Gasteiger partial charge < -0.3 is 28.8 Å².